The van der Waals surface area contributed by atoms with Gasteiger partial charge >= 0.3 is 6.03 Å². The molecule has 3 heterocycles. The molecule has 7 nitrogen and oxygen atoms in total. The summed E-state index contributed by atoms with van der Waals surface area (Å²) in [6.07, 6.45) is 5.07. The van der Waals surface area contributed by atoms with Crippen LogP contribution < -0.4 is 10.6 Å². The molecule has 124 valence electrons. The average Bonchev–Trinajstić information content (AvgIpc) is 3.18. The summed E-state index contributed by atoms with van der Waals surface area (Å²) >= 11 is 0. The minimum atomic E-state index is -0.302. The van der Waals surface area contributed by atoms with Crippen molar-refractivity contribution in [2.75, 3.05) is 5.32 Å². The van der Waals surface area contributed by atoms with Crippen molar-refractivity contribution in [3.05, 3.63) is 66.0 Å². The van der Waals surface area contributed by atoms with Crippen LogP contribution in [0.5, 0.6) is 0 Å². The van der Waals surface area contributed by atoms with Gasteiger partial charge in [0.2, 0.25) is 0 Å². The fourth-order valence-electron chi connectivity index (χ4n) is 2.35. The van der Waals surface area contributed by atoms with Gasteiger partial charge in [0.25, 0.3) is 0 Å². The predicted octanol–water partition coefficient (Wildman–Crippen LogP) is 3.11. The lowest BCUT2D eigenvalue weighted by Crippen LogP contribution is -2.32. The van der Waals surface area contributed by atoms with Gasteiger partial charge in [0.1, 0.15) is 23.9 Å². The third-order valence-corrected chi connectivity index (χ3v) is 3.59. The molecule has 7 heteroatoms. The Balaban J connectivity index is 1.62. The molecule has 3 aromatic rings. The first-order valence-electron chi connectivity index (χ1n) is 7.66. The van der Waals surface area contributed by atoms with Gasteiger partial charge in [0.15, 0.2) is 0 Å². The fourth-order valence-corrected chi connectivity index (χ4v) is 2.35. The van der Waals surface area contributed by atoms with Gasteiger partial charge in [-0.25, -0.2) is 9.48 Å². The van der Waals surface area contributed by atoms with Crippen molar-refractivity contribution in [2.45, 2.75) is 26.4 Å². The van der Waals surface area contributed by atoms with E-state index in [4.69, 9.17) is 4.42 Å². The third kappa shape index (κ3) is 3.81. The van der Waals surface area contributed by atoms with Crippen LogP contribution in [0.4, 0.5) is 10.6 Å². The predicted molar refractivity (Wildman–Crippen MR) is 89.6 cm³/mol. The van der Waals surface area contributed by atoms with Gasteiger partial charge in [0.05, 0.1) is 12.2 Å². The second kappa shape index (κ2) is 6.99. The highest BCUT2D eigenvalue weighted by atomic mass is 16.3. The van der Waals surface area contributed by atoms with Crippen molar-refractivity contribution in [3.63, 3.8) is 0 Å². The largest absolute Gasteiger partial charge is 0.464 e. The van der Waals surface area contributed by atoms with Gasteiger partial charge < -0.3 is 9.73 Å². The van der Waals surface area contributed by atoms with E-state index in [9.17, 15) is 4.79 Å². The zero-order chi connectivity index (χ0) is 16.9. The summed E-state index contributed by atoms with van der Waals surface area (Å²) in [6.45, 7) is 4.24. The Kier molecular flexibility index (Phi) is 4.60. The zero-order valence-corrected chi connectivity index (χ0v) is 13.6. The van der Waals surface area contributed by atoms with Gasteiger partial charge in [-0.05, 0) is 37.6 Å². The number of carbonyl (C=O) groups is 1. The molecule has 0 aliphatic carbocycles. The number of carbonyl (C=O) groups excluding carboxylic acids is 1. The van der Waals surface area contributed by atoms with Crippen LogP contribution in [0.2, 0.25) is 0 Å². The van der Waals surface area contributed by atoms with Crippen molar-refractivity contribution >= 4 is 11.8 Å². The molecule has 2 amide bonds. The maximum Gasteiger partial charge on any atom is 0.320 e. The van der Waals surface area contributed by atoms with E-state index in [1.165, 1.54) is 0 Å². The second-order valence-corrected chi connectivity index (χ2v) is 5.49. The minimum Gasteiger partial charge on any atom is -0.464 e. The summed E-state index contributed by atoms with van der Waals surface area (Å²) in [5.74, 6) is 2.22. The van der Waals surface area contributed by atoms with Crippen LogP contribution in [0.3, 0.4) is 0 Å². The van der Waals surface area contributed by atoms with Crippen molar-refractivity contribution < 1.29 is 9.21 Å². The summed E-state index contributed by atoms with van der Waals surface area (Å²) in [4.78, 5) is 16.3. The number of urea groups is 1. The number of furan rings is 1. The number of aromatic nitrogens is 3. The molecule has 3 aromatic heterocycles. The molecule has 0 aliphatic heterocycles. The SMILES string of the molecule is Cc1ccc(Cn2nccc2NC(=O)NC(C)c2cccnc2)o1. The molecule has 3 rings (SSSR count). The van der Waals surface area contributed by atoms with Gasteiger partial charge in [-0.1, -0.05) is 6.07 Å². The lowest BCUT2D eigenvalue weighted by atomic mass is 10.1. The summed E-state index contributed by atoms with van der Waals surface area (Å²) in [5, 5.41) is 9.90. The van der Waals surface area contributed by atoms with E-state index in [0.29, 0.717) is 12.4 Å². The molecule has 0 spiro atoms. The molecule has 0 radical (unpaired) electrons. The lowest BCUT2D eigenvalue weighted by Gasteiger charge is -2.15. The van der Waals surface area contributed by atoms with Crippen LogP contribution in [0.15, 0.2) is 53.3 Å². The fraction of sp³-hybridized carbons (Fsp3) is 0.235. The molecule has 1 atom stereocenters. The number of nitrogens with one attached hydrogen (secondary N) is 2. The Hall–Kier alpha value is -3.09. The zero-order valence-electron chi connectivity index (χ0n) is 13.6. The third-order valence-electron chi connectivity index (χ3n) is 3.59. The molecule has 0 aliphatic rings. The van der Waals surface area contributed by atoms with Crippen LogP contribution in [0.25, 0.3) is 0 Å². The monoisotopic (exact) mass is 325 g/mol. The number of anilines is 1. The molecule has 0 bridgehead atoms. The molecule has 2 N–H and O–H groups in total. The number of hydrogen-bond acceptors (Lipinski definition) is 4. The number of aryl methyl sites for hydroxylation is 1. The van der Waals surface area contributed by atoms with E-state index in [1.54, 1.807) is 29.3 Å². The van der Waals surface area contributed by atoms with Crippen molar-refractivity contribution in [2.24, 2.45) is 0 Å². The molecule has 0 saturated heterocycles. The Labute approximate surface area is 139 Å². The van der Waals surface area contributed by atoms with Crippen LogP contribution in [-0.2, 0) is 6.54 Å². The van der Waals surface area contributed by atoms with Gasteiger partial charge in [-0.2, -0.15) is 5.10 Å². The maximum atomic E-state index is 12.2. The van der Waals surface area contributed by atoms with Crippen LogP contribution in [-0.4, -0.2) is 20.8 Å². The smallest absolute Gasteiger partial charge is 0.320 e. The number of rotatable bonds is 5. The number of nitrogens with zero attached hydrogens (tertiary/aromatic N) is 3. The van der Waals surface area contributed by atoms with E-state index in [2.05, 4.69) is 20.7 Å². The first-order valence-corrected chi connectivity index (χ1v) is 7.66. The highest BCUT2D eigenvalue weighted by Gasteiger charge is 2.12. The van der Waals surface area contributed by atoms with Crippen molar-refractivity contribution in [3.8, 4) is 0 Å². The molecular formula is C17H19N5O2. The summed E-state index contributed by atoms with van der Waals surface area (Å²) in [7, 11) is 0. The Morgan fingerprint density at radius 2 is 2.17 bits per heavy atom. The summed E-state index contributed by atoms with van der Waals surface area (Å²) in [6, 6.07) is 8.84. The topological polar surface area (TPSA) is 85.0 Å². The van der Waals surface area contributed by atoms with Gasteiger partial charge in [-0.15, -0.1) is 0 Å². The highest BCUT2D eigenvalue weighted by Crippen LogP contribution is 2.14. The second-order valence-electron chi connectivity index (χ2n) is 5.49. The van der Waals surface area contributed by atoms with E-state index < -0.39 is 0 Å². The lowest BCUT2D eigenvalue weighted by molar-refractivity contribution is 0.249. The number of pyridine rings is 1. The number of amides is 2. The number of hydrogen-bond donors (Lipinski definition) is 2. The van der Waals surface area contributed by atoms with Crippen LogP contribution in [0, 0.1) is 6.92 Å². The van der Waals surface area contributed by atoms with E-state index in [1.807, 2.05) is 38.1 Å². The van der Waals surface area contributed by atoms with E-state index in [0.717, 1.165) is 17.1 Å². The normalized spacial score (nSPS) is 11.9. The van der Waals surface area contributed by atoms with E-state index in [-0.39, 0.29) is 12.1 Å². The molecule has 0 saturated carbocycles. The first kappa shape index (κ1) is 15.8. The van der Waals surface area contributed by atoms with Gasteiger partial charge in [-0.3, -0.25) is 10.3 Å². The van der Waals surface area contributed by atoms with Crippen LogP contribution in [0.1, 0.15) is 30.0 Å². The summed E-state index contributed by atoms with van der Waals surface area (Å²) < 4.78 is 7.22. The molecule has 0 fully saturated rings. The molecule has 1 unspecified atom stereocenters. The molecule has 0 aromatic carbocycles. The van der Waals surface area contributed by atoms with Crippen molar-refractivity contribution in [1.82, 2.24) is 20.1 Å². The Morgan fingerprint density at radius 3 is 2.88 bits per heavy atom. The van der Waals surface area contributed by atoms with Crippen molar-refractivity contribution in [1.29, 1.82) is 0 Å². The molecular weight excluding hydrogens is 306 g/mol. The highest BCUT2D eigenvalue weighted by molar-refractivity contribution is 5.88. The quantitative estimate of drug-likeness (QED) is 0.755. The average molecular weight is 325 g/mol. The van der Waals surface area contributed by atoms with Gasteiger partial charge in [0, 0.05) is 18.5 Å². The standard InChI is InChI=1S/C17H19N5O2/c1-12-5-6-15(24-12)11-22-16(7-9-19-22)21-17(23)20-13(2)14-4-3-8-18-10-14/h3-10,13H,11H2,1-2H3,(H2,20,21,23). The minimum absolute atomic E-state index is 0.150. The van der Waals surface area contributed by atoms with Crippen LogP contribution >= 0.6 is 0 Å². The first-order chi connectivity index (χ1) is 11.6. The molecule has 24 heavy (non-hydrogen) atoms. The maximum absolute atomic E-state index is 12.2. The van der Waals surface area contributed by atoms with E-state index >= 15 is 0 Å². The Bertz CT molecular complexity index is 809. The summed E-state index contributed by atoms with van der Waals surface area (Å²) in [5.41, 5.74) is 0.937. The Morgan fingerprint density at radius 1 is 1.29 bits per heavy atom.